The quantitative estimate of drug-likeness (QED) is 0.902. The molecule has 3 heteroatoms. The molecular weight excluding hydrogens is 236 g/mol. The fourth-order valence-electron chi connectivity index (χ4n) is 2.65. The lowest BCUT2D eigenvalue weighted by Gasteiger charge is -2.31. The third-order valence-corrected chi connectivity index (χ3v) is 3.60. The number of anilines is 1. The van der Waals surface area contributed by atoms with Crippen molar-refractivity contribution < 1.29 is 4.79 Å². The summed E-state index contributed by atoms with van der Waals surface area (Å²) >= 11 is 0. The van der Waals surface area contributed by atoms with E-state index < -0.39 is 0 Å². The van der Waals surface area contributed by atoms with E-state index in [0.29, 0.717) is 5.92 Å². The molecule has 19 heavy (non-hydrogen) atoms. The van der Waals surface area contributed by atoms with Crippen LogP contribution in [0.5, 0.6) is 0 Å². The average Bonchev–Trinajstić information content (AvgIpc) is 2.78. The molecule has 0 radical (unpaired) electrons. The van der Waals surface area contributed by atoms with Crippen molar-refractivity contribution in [2.75, 3.05) is 18.4 Å². The minimum absolute atomic E-state index is 0.0302. The van der Waals surface area contributed by atoms with Crippen molar-refractivity contribution in [2.45, 2.75) is 39.7 Å². The normalized spacial score (nSPS) is 17.5. The smallest absolute Gasteiger partial charge is 0.232 e. The Morgan fingerprint density at radius 2 is 2.00 bits per heavy atom. The number of para-hydroxylation sites is 1. The molecule has 1 amide bonds. The van der Waals surface area contributed by atoms with Gasteiger partial charge in [0.25, 0.3) is 0 Å². The fourth-order valence-corrected chi connectivity index (χ4v) is 2.65. The minimum atomic E-state index is -0.0302. The van der Waals surface area contributed by atoms with E-state index in [0.717, 1.165) is 24.3 Å². The van der Waals surface area contributed by atoms with Crippen molar-refractivity contribution in [1.82, 2.24) is 4.90 Å². The Bertz CT molecular complexity index is 454. The van der Waals surface area contributed by atoms with Gasteiger partial charge in [-0.3, -0.25) is 4.79 Å². The maximum atomic E-state index is 12.8. The molecule has 1 aromatic rings. The number of benzene rings is 1. The number of hydrogen-bond donors (Lipinski definition) is 1. The van der Waals surface area contributed by atoms with Gasteiger partial charge in [0.15, 0.2) is 0 Å². The zero-order valence-electron chi connectivity index (χ0n) is 12.3. The number of rotatable bonds is 4. The SMILES string of the molecule is CC(C)CN(C(=O)C1CNc2ccccc21)C(C)C. The predicted molar refractivity (Wildman–Crippen MR) is 79.4 cm³/mol. The molecule has 0 saturated heterocycles. The van der Waals surface area contributed by atoms with Crippen LogP contribution in [-0.4, -0.2) is 29.9 Å². The Kier molecular flexibility index (Phi) is 4.13. The van der Waals surface area contributed by atoms with Crippen LogP contribution < -0.4 is 5.32 Å². The van der Waals surface area contributed by atoms with Crippen LogP contribution in [0.15, 0.2) is 24.3 Å². The van der Waals surface area contributed by atoms with Crippen LogP contribution in [-0.2, 0) is 4.79 Å². The monoisotopic (exact) mass is 260 g/mol. The Balaban J connectivity index is 2.19. The van der Waals surface area contributed by atoms with Crippen molar-refractivity contribution in [2.24, 2.45) is 5.92 Å². The summed E-state index contributed by atoms with van der Waals surface area (Å²) in [7, 11) is 0. The lowest BCUT2D eigenvalue weighted by atomic mass is 9.98. The van der Waals surface area contributed by atoms with Gasteiger partial charge in [0.05, 0.1) is 5.92 Å². The van der Waals surface area contributed by atoms with Crippen LogP contribution in [0.1, 0.15) is 39.2 Å². The summed E-state index contributed by atoms with van der Waals surface area (Å²) in [6, 6.07) is 8.38. The molecule has 1 atom stereocenters. The van der Waals surface area contributed by atoms with Crippen molar-refractivity contribution in [3.05, 3.63) is 29.8 Å². The maximum absolute atomic E-state index is 12.8. The topological polar surface area (TPSA) is 32.3 Å². The summed E-state index contributed by atoms with van der Waals surface area (Å²) in [6.45, 7) is 10.0. The van der Waals surface area contributed by atoms with Gasteiger partial charge >= 0.3 is 0 Å². The van der Waals surface area contributed by atoms with Crippen LogP contribution in [0.2, 0.25) is 0 Å². The first-order chi connectivity index (χ1) is 9.00. The first-order valence-electron chi connectivity index (χ1n) is 7.14. The van der Waals surface area contributed by atoms with Gasteiger partial charge in [-0.1, -0.05) is 32.0 Å². The van der Waals surface area contributed by atoms with Crippen molar-refractivity contribution in [3.8, 4) is 0 Å². The van der Waals surface area contributed by atoms with Gasteiger partial charge in [-0.15, -0.1) is 0 Å². The van der Waals surface area contributed by atoms with Gasteiger partial charge in [-0.25, -0.2) is 0 Å². The summed E-state index contributed by atoms with van der Waals surface area (Å²) in [4.78, 5) is 14.8. The van der Waals surface area contributed by atoms with E-state index in [1.807, 2.05) is 23.1 Å². The van der Waals surface area contributed by atoms with Gasteiger partial charge in [-0.2, -0.15) is 0 Å². The highest BCUT2D eigenvalue weighted by molar-refractivity contribution is 5.88. The molecule has 1 N–H and O–H groups in total. The molecule has 1 unspecified atom stereocenters. The van der Waals surface area contributed by atoms with Crippen LogP contribution in [0.25, 0.3) is 0 Å². The summed E-state index contributed by atoms with van der Waals surface area (Å²) in [5.41, 5.74) is 2.25. The van der Waals surface area contributed by atoms with E-state index in [1.54, 1.807) is 0 Å². The number of amides is 1. The summed E-state index contributed by atoms with van der Waals surface area (Å²) < 4.78 is 0. The molecule has 104 valence electrons. The van der Waals surface area contributed by atoms with E-state index in [1.165, 1.54) is 0 Å². The van der Waals surface area contributed by atoms with Gasteiger partial charge < -0.3 is 10.2 Å². The zero-order chi connectivity index (χ0) is 14.0. The van der Waals surface area contributed by atoms with Crippen molar-refractivity contribution in [1.29, 1.82) is 0 Å². The number of hydrogen-bond acceptors (Lipinski definition) is 2. The van der Waals surface area contributed by atoms with Crippen LogP contribution >= 0.6 is 0 Å². The largest absolute Gasteiger partial charge is 0.384 e. The number of carbonyl (C=O) groups is 1. The Labute approximate surface area is 116 Å². The average molecular weight is 260 g/mol. The summed E-state index contributed by atoms with van der Waals surface area (Å²) in [6.07, 6.45) is 0. The highest BCUT2D eigenvalue weighted by Gasteiger charge is 2.32. The second kappa shape index (κ2) is 5.64. The molecule has 1 aliphatic rings. The van der Waals surface area contributed by atoms with Crippen molar-refractivity contribution >= 4 is 11.6 Å². The number of carbonyl (C=O) groups excluding carboxylic acids is 1. The molecule has 0 aliphatic carbocycles. The van der Waals surface area contributed by atoms with Crippen molar-refractivity contribution in [3.63, 3.8) is 0 Å². The lowest BCUT2D eigenvalue weighted by Crippen LogP contribution is -2.42. The minimum Gasteiger partial charge on any atom is -0.384 e. The molecule has 3 nitrogen and oxygen atoms in total. The van der Waals surface area contributed by atoms with E-state index in [2.05, 4.69) is 39.1 Å². The Morgan fingerprint density at radius 1 is 1.32 bits per heavy atom. The summed E-state index contributed by atoms with van der Waals surface area (Å²) in [5, 5.41) is 3.33. The first kappa shape index (κ1) is 13.9. The molecule has 2 rings (SSSR count). The number of nitrogens with one attached hydrogen (secondary N) is 1. The van der Waals surface area contributed by atoms with Crippen LogP contribution in [0.3, 0.4) is 0 Å². The molecule has 1 aliphatic heterocycles. The van der Waals surface area contributed by atoms with Gasteiger partial charge in [0, 0.05) is 24.8 Å². The summed E-state index contributed by atoms with van der Waals surface area (Å²) in [5.74, 6) is 0.717. The second-order valence-corrected chi connectivity index (χ2v) is 6.00. The van der Waals surface area contributed by atoms with E-state index in [4.69, 9.17) is 0 Å². The Morgan fingerprint density at radius 3 is 2.63 bits per heavy atom. The molecule has 0 fully saturated rings. The van der Waals surface area contributed by atoms with Crippen LogP contribution in [0, 0.1) is 5.92 Å². The molecular formula is C16H24N2O. The Hall–Kier alpha value is -1.51. The molecule has 0 saturated carbocycles. The molecule has 0 aromatic heterocycles. The van der Waals surface area contributed by atoms with E-state index in [9.17, 15) is 4.79 Å². The van der Waals surface area contributed by atoms with Gasteiger partial charge in [0.2, 0.25) is 5.91 Å². The molecule has 1 heterocycles. The first-order valence-corrected chi connectivity index (χ1v) is 7.14. The molecule has 0 bridgehead atoms. The highest BCUT2D eigenvalue weighted by Crippen LogP contribution is 2.32. The highest BCUT2D eigenvalue weighted by atomic mass is 16.2. The molecule has 0 spiro atoms. The van der Waals surface area contributed by atoms with Gasteiger partial charge in [-0.05, 0) is 31.4 Å². The fraction of sp³-hybridized carbons (Fsp3) is 0.562. The number of fused-ring (bicyclic) bond motifs is 1. The molecule has 1 aromatic carbocycles. The predicted octanol–water partition coefficient (Wildman–Crippen LogP) is 3.09. The third-order valence-electron chi connectivity index (χ3n) is 3.60. The zero-order valence-corrected chi connectivity index (χ0v) is 12.3. The lowest BCUT2D eigenvalue weighted by molar-refractivity contribution is -0.134. The van der Waals surface area contributed by atoms with E-state index in [-0.39, 0.29) is 17.9 Å². The number of nitrogens with zero attached hydrogens (tertiary/aromatic N) is 1. The standard InChI is InChI=1S/C16H24N2O/c1-11(2)10-18(12(3)4)16(19)14-9-17-15-8-6-5-7-13(14)15/h5-8,11-12,14,17H,9-10H2,1-4H3. The second-order valence-electron chi connectivity index (χ2n) is 6.00. The van der Waals surface area contributed by atoms with Crippen LogP contribution in [0.4, 0.5) is 5.69 Å². The third kappa shape index (κ3) is 2.91. The van der Waals surface area contributed by atoms with E-state index >= 15 is 0 Å². The maximum Gasteiger partial charge on any atom is 0.232 e. The van der Waals surface area contributed by atoms with Gasteiger partial charge in [0.1, 0.15) is 0 Å².